The van der Waals surface area contributed by atoms with E-state index in [-0.39, 0.29) is 5.91 Å². The first kappa shape index (κ1) is 21.0. The SMILES string of the molecule is CCOc1ccc(C(=O)N/N=C\c2cc(C)n(-c3cccc(Cl)c3Cl)c2C)cc1. The standard InChI is InChI=1S/C22H21Cl2N3O2/c1-4-29-18-10-8-16(9-11-18)22(28)26-25-13-17-12-14(2)27(15(17)3)20-7-5-6-19(23)21(20)24/h5-13H,4H2,1-3H3,(H,26,28)/b25-13-. The molecule has 0 radical (unpaired) electrons. The van der Waals surface area contributed by atoms with Crippen LogP contribution in [0.2, 0.25) is 10.0 Å². The van der Waals surface area contributed by atoms with Crippen LogP contribution >= 0.6 is 23.2 Å². The van der Waals surface area contributed by atoms with Gasteiger partial charge in [-0.1, -0.05) is 29.3 Å². The van der Waals surface area contributed by atoms with Gasteiger partial charge in [0.05, 0.1) is 28.6 Å². The molecule has 1 amide bonds. The molecule has 29 heavy (non-hydrogen) atoms. The molecule has 0 atom stereocenters. The fraction of sp³-hybridized carbons (Fsp3) is 0.182. The Bertz CT molecular complexity index is 1060. The van der Waals surface area contributed by atoms with E-state index in [0.717, 1.165) is 28.4 Å². The predicted octanol–water partition coefficient (Wildman–Crippen LogP) is 5.56. The number of amides is 1. The zero-order valence-corrected chi connectivity index (χ0v) is 17.9. The Hall–Kier alpha value is -2.76. The summed E-state index contributed by atoms with van der Waals surface area (Å²) in [6, 6.07) is 14.4. The van der Waals surface area contributed by atoms with Gasteiger partial charge in [-0.2, -0.15) is 5.10 Å². The van der Waals surface area contributed by atoms with Crippen LogP contribution in [0.25, 0.3) is 5.69 Å². The highest BCUT2D eigenvalue weighted by atomic mass is 35.5. The Balaban J connectivity index is 1.76. The van der Waals surface area contributed by atoms with Crippen molar-refractivity contribution in [1.82, 2.24) is 9.99 Å². The van der Waals surface area contributed by atoms with E-state index in [2.05, 4.69) is 10.5 Å². The summed E-state index contributed by atoms with van der Waals surface area (Å²) in [6.45, 7) is 6.42. The van der Waals surface area contributed by atoms with Crippen molar-refractivity contribution in [3.05, 3.63) is 81.1 Å². The highest BCUT2D eigenvalue weighted by Gasteiger charge is 2.13. The number of aryl methyl sites for hydroxylation is 1. The molecule has 0 unspecified atom stereocenters. The molecule has 0 bridgehead atoms. The van der Waals surface area contributed by atoms with Crippen molar-refractivity contribution in [1.29, 1.82) is 0 Å². The fourth-order valence-electron chi connectivity index (χ4n) is 3.05. The monoisotopic (exact) mass is 429 g/mol. The van der Waals surface area contributed by atoms with Crippen molar-refractivity contribution in [2.75, 3.05) is 6.61 Å². The third-order valence-electron chi connectivity index (χ3n) is 4.44. The number of nitrogens with one attached hydrogen (secondary N) is 1. The van der Waals surface area contributed by atoms with Gasteiger partial charge < -0.3 is 9.30 Å². The molecule has 0 saturated heterocycles. The van der Waals surface area contributed by atoms with Crippen LogP contribution in [0.4, 0.5) is 0 Å². The van der Waals surface area contributed by atoms with E-state index in [1.54, 1.807) is 36.5 Å². The van der Waals surface area contributed by atoms with Crippen LogP contribution in [0.15, 0.2) is 53.6 Å². The molecule has 5 nitrogen and oxygen atoms in total. The fourth-order valence-corrected chi connectivity index (χ4v) is 3.43. The van der Waals surface area contributed by atoms with Crippen LogP contribution in [0, 0.1) is 13.8 Å². The van der Waals surface area contributed by atoms with E-state index in [4.69, 9.17) is 27.9 Å². The second-order valence-electron chi connectivity index (χ2n) is 6.39. The summed E-state index contributed by atoms with van der Waals surface area (Å²) in [5, 5.41) is 5.08. The van der Waals surface area contributed by atoms with Crippen LogP contribution < -0.4 is 10.2 Å². The minimum atomic E-state index is -0.295. The van der Waals surface area contributed by atoms with Crippen molar-refractivity contribution in [3.63, 3.8) is 0 Å². The van der Waals surface area contributed by atoms with Crippen LogP contribution in [0.5, 0.6) is 5.75 Å². The summed E-state index contributed by atoms with van der Waals surface area (Å²) in [5.74, 6) is 0.427. The second-order valence-corrected chi connectivity index (χ2v) is 7.18. The largest absolute Gasteiger partial charge is 0.494 e. The van der Waals surface area contributed by atoms with Gasteiger partial charge in [0.15, 0.2) is 0 Å². The van der Waals surface area contributed by atoms with Crippen molar-refractivity contribution in [2.24, 2.45) is 5.10 Å². The van der Waals surface area contributed by atoms with Gasteiger partial charge >= 0.3 is 0 Å². The normalized spacial score (nSPS) is 11.1. The summed E-state index contributed by atoms with van der Waals surface area (Å²) >= 11 is 12.5. The quantitative estimate of drug-likeness (QED) is 0.411. The number of ether oxygens (including phenoxy) is 1. The smallest absolute Gasteiger partial charge is 0.271 e. The minimum Gasteiger partial charge on any atom is -0.494 e. The number of hydrogen-bond acceptors (Lipinski definition) is 3. The maximum atomic E-state index is 12.3. The number of carbonyl (C=O) groups is 1. The molecule has 7 heteroatoms. The van der Waals surface area contributed by atoms with Crippen molar-refractivity contribution in [3.8, 4) is 11.4 Å². The van der Waals surface area contributed by atoms with Gasteiger partial charge in [-0.25, -0.2) is 5.43 Å². The molecule has 0 spiro atoms. The Morgan fingerprint density at radius 2 is 1.90 bits per heavy atom. The van der Waals surface area contributed by atoms with Crippen molar-refractivity contribution in [2.45, 2.75) is 20.8 Å². The van der Waals surface area contributed by atoms with Gasteiger partial charge in [-0.15, -0.1) is 0 Å². The number of hydrazone groups is 1. The summed E-state index contributed by atoms with van der Waals surface area (Å²) in [7, 11) is 0. The average molecular weight is 430 g/mol. The van der Waals surface area contributed by atoms with Crippen LogP contribution in [-0.4, -0.2) is 23.3 Å². The lowest BCUT2D eigenvalue weighted by Gasteiger charge is -2.12. The van der Waals surface area contributed by atoms with Crippen LogP contribution in [-0.2, 0) is 0 Å². The molecule has 0 fully saturated rings. The minimum absolute atomic E-state index is 0.295. The van der Waals surface area contributed by atoms with E-state index in [1.807, 2.05) is 43.5 Å². The Morgan fingerprint density at radius 3 is 2.59 bits per heavy atom. The molecule has 0 saturated carbocycles. The lowest BCUT2D eigenvalue weighted by atomic mass is 10.2. The summed E-state index contributed by atoms with van der Waals surface area (Å²) in [5.41, 5.74) is 6.63. The highest BCUT2D eigenvalue weighted by molar-refractivity contribution is 6.43. The third kappa shape index (κ3) is 4.63. The van der Waals surface area contributed by atoms with Gasteiger partial charge in [0.2, 0.25) is 0 Å². The summed E-state index contributed by atoms with van der Waals surface area (Å²) < 4.78 is 7.38. The van der Waals surface area contributed by atoms with E-state index in [0.29, 0.717) is 22.2 Å². The average Bonchev–Trinajstić information content (AvgIpc) is 2.98. The number of hydrogen-bond donors (Lipinski definition) is 1. The Morgan fingerprint density at radius 1 is 1.17 bits per heavy atom. The van der Waals surface area contributed by atoms with Crippen LogP contribution in [0.1, 0.15) is 34.2 Å². The number of aromatic nitrogens is 1. The van der Waals surface area contributed by atoms with Gasteiger partial charge in [-0.05, 0) is 63.2 Å². The molecule has 2 aromatic carbocycles. The van der Waals surface area contributed by atoms with Crippen LogP contribution in [0.3, 0.4) is 0 Å². The van der Waals surface area contributed by atoms with Gasteiger partial charge in [0, 0.05) is 22.5 Å². The molecule has 1 heterocycles. The molecule has 1 N–H and O–H groups in total. The lowest BCUT2D eigenvalue weighted by molar-refractivity contribution is 0.0955. The zero-order chi connectivity index (χ0) is 21.0. The second kappa shape index (κ2) is 9.16. The molecule has 0 aliphatic carbocycles. The van der Waals surface area contributed by atoms with Gasteiger partial charge in [-0.3, -0.25) is 4.79 Å². The van der Waals surface area contributed by atoms with Gasteiger partial charge in [0.1, 0.15) is 5.75 Å². The molecule has 3 rings (SSSR count). The maximum absolute atomic E-state index is 12.3. The Labute approximate surface area is 179 Å². The van der Waals surface area contributed by atoms with Crippen molar-refractivity contribution >= 4 is 35.3 Å². The molecular weight excluding hydrogens is 409 g/mol. The van der Waals surface area contributed by atoms with Gasteiger partial charge in [0.25, 0.3) is 5.91 Å². The Kier molecular flexibility index (Phi) is 6.62. The molecule has 0 aliphatic rings. The molecule has 3 aromatic rings. The molecule has 0 aliphatic heterocycles. The number of carbonyl (C=O) groups excluding carboxylic acids is 1. The van der Waals surface area contributed by atoms with E-state index >= 15 is 0 Å². The number of rotatable bonds is 6. The summed E-state index contributed by atoms with van der Waals surface area (Å²) in [4.78, 5) is 12.3. The number of halogens is 2. The van der Waals surface area contributed by atoms with E-state index < -0.39 is 0 Å². The topological polar surface area (TPSA) is 55.6 Å². The van der Waals surface area contributed by atoms with E-state index in [1.165, 1.54) is 0 Å². The van der Waals surface area contributed by atoms with Crippen molar-refractivity contribution < 1.29 is 9.53 Å². The molecule has 150 valence electrons. The first-order chi connectivity index (χ1) is 13.9. The number of nitrogens with zero attached hydrogens (tertiary/aromatic N) is 2. The first-order valence-corrected chi connectivity index (χ1v) is 9.87. The molecular formula is C22H21Cl2N3O2. The predicted molar refractivity (Wildman–Crippen MR) is 118 cm³/mol. The maximum Gasteiger partial charge on any atom is 0.271 e. The van der Waals surface area contributed by atoms with E-state index in [9.17, 15) is 4.79 Å². The highest BCUT2D eigenvalue weighted by Crippen LogP contribution is 2.31. The zero-order valence-electron chi connectivity index (χ0n) is 16.4. The first-order valence-electron chi connectivity index (χ1n) is 9.12. The number of benzene rings is 2. The summed E-state index contributed by atoms with van der Waals surface area (Å²) in [6.07, 6.45) is 1.61. The lowest BCUT2D eigenvalue weighted by Crippen LogP contribution is -2.17. The molecule has 1 aromatic heterocycles. The third-order valence-corrected chi connectivity index (χ3v) is 5.25.